The zero-order valence-electron chi connectivity index (χ0n) is 5.32. The SMILES string of the molecule is C=CN=C/C=C(\N)C(=O)O. The van der Waals surface area contributed by atoms with E-state index < -0.39 is 5.97 Å². The summed E-state index contributed by atoms with van der Waals surface area (Å²) in [5, 5.41) is 8.20. The van der Waals surface area contributed by atoms with Crippen molar-refractivity contribution in [2.24, 2.45) is 10.7 Å². The van der Waals surface area contributed by atoms with Crippen LogP contribution in [0.4, 0.5) is 0 Å². The summed E-state index contributed by atoms with van der Waals surface area (Å²) < 4.78 is 0. The number of nitrogens with zero attached hydrogens (tertiary/aromatic N) is 1. The Balaban J connectivity index is 4.04. The Hall–Kier alpha value is -1.58. The maximum atomic E-state index is 10.0. The van der Waals surface area contributed by atoms with Crippen LogP contribution in [0.15, 0.2) is 29.5 Å². The van der Waals surface area contributed by atoms with Crippen molar-refractivity contribution in [3.63, 3.8) is 0 Å². The molecule has 4 nitrogen and oxygen atoms in total. The fourth-order valence-corrected chi connectivity index (χ4v) is 0.255. The molecule has 0 unspecified atom stereocenters. The summed E-state index contributed by atoms with van der Waals surface area (Å²) in [6.45, 7) is 3.29. The van der Waals surface area contributed by atoms with E-state index in [0.717, 1.165) is 0 Å². The Morgan fingerprint density at radius 2 is 2.30 bits per heavy atom. The number of rotatable bonds is 3. The smallest absolute Gasteiger partial charge is 0.351 e. The Morgan fingerprint density at radius 3 is 2.70 bits per heavy atom. The molecule has 0 amide bonds. The van der Waals surface area contributed by atoms with Crippen LogP contribution in [0.1, 0.15) is 0 Å². The topological polar surface area (TPSA) is 75.7 Å². The summed E-state index contributed by atoms with van der Waals surface area (Å²) in [5.41, 5.74) is 4.75. The van der Waals surface area contributed by atoms with Crippen LogP contribution >= 0.6 is 0 Å². The van der Waals surface area contributed by atoms with Crippen LogP contribution in [0.3, 0.4) is 0 Å². The van der Waals surface area contributed by atoms with E-state index in [-0.39, 0.29) is 5.70 Å². The molecule has 0 aromatic carbocycles. The molecular formula is C6H8N2O2. The molecular weight excluding hydrogens is 132 g/mol. The molecule has 0 aliphatic rings. The third-order valence-corrected chi connectivity index (χ3v) is 0.693. The average Bonchev–Trinajstić information content (AvgIpc) is 1.88. The van der Waals surface area contributed by atoms with Crippen molar-refractivity contribution in [1.82, 2.24) is 0 Å². The molecule has 0 spiro atoms. The van der Waals surface area contributed by atoms with Crippen molar-refractivity contribution >= 4 is 12.2 Å². The first-order valence-corrected chi connectivity index (χ1v) is 2.51. The monoisotopic (exact) mass is 140 g/mol. The van der Waals surface area contributed by atoms with E-state index in [0.29, 0.717) is 0 Å². The summed E-state index contributed by atoms with van der Waals surface area (Å²) in [5.74, 6) is -1.16. The van der Waals surface area contributed by atoms with Crippen LogP contribution in [0.2, 0.25) is 0 Å². The van der Waals surface area contributed by atoms with Crippen LogP contribution in [-0.4, -0.2) is 17.3 Å². The highest BCUT2D eigenvalue weighted by Crippen LogP contribution is 1.79. The third kappa shape index (κ3) is 3.43. The minimum atomic E-state index is -1.16. The van der Waals surface area contributed by atoms with Crippen molar-refractivity contribution in [2.75, 3.05) is 0 Å². The van der Waals surface area contributed by atoms with Crippen LogP contribution in [-0.2, 0) is 4.79 Å². The van der Waals surface area contributed by atoms with Crippen molar-refractivity contribution in [3.05, 3.63) is 24.6 Å². The summed E-state index contributed by atoms with van der Waals surface area (Å²) in [6, 6.07) is 0. The highest BCUT2D eigenvalue weighted by atomic mass is 16.4. The number of carboxylic acid groups (broad SMARTS) is 1. The molecule has 0 saturated carbocycles. The molecule has 0 saturated heterocycles. The molecule has 0 aliphatic heterocycles. The van der Waals surface area contributed by atoms with Gasteiger partial charge in [0, 0.05) is 12.4 Å². The third-order valence-electron chi connectivity index (χ3n) is 0.693. The largest absolute Gasteiger partial charge is 0.477 e. The first-order chi connectivity index (χ1) is 4.68. The lowest BCUT2D eigenvalue weighted by Gasteiger charge is -1.86. The maximum absolute atomic E-state index is 10.0. The maximum Gasteiger partial charge on any atom is 0.351 e. The molecule has 0 aliphatic carbocycles. The molecule has 3 N–H and O–H groups in total. The Morgan fingerprint density at radius 1 is 1.70 bits per heavy atom. The van der Waals surface area contributed by atoms with Crippen molar-refractivity contribution in [1.29, 1.82) is 0 Å². The molecule has 10 heavy (non-hydrogen) atoms. The summed E-state index contributed by atoms with van der Waals surface area (Å²) in [4.78, 5) is 13.5. The van der Waals surface area contributed by atoms with Crippen molar-refractivity contribution in [3.8, 4) is 0 Å². The van der Waals surface area contributed by atoms with Gasteiger partial charge in [0.2, 0.25) is 0 Å². The van der Waals surface area contributed by atoms with Gasteiger partial charge < -0.3 is 10.8 Å². The van der Waals surface area contributed by atoms with Crippen molar-refractivity contribution < 1.29 is 9.90 Å². The predicted octanol–water partition coefficient (Wildman–Crippen LogP) is 0.128. The minimum Gasteiger partial charge on any atom is -0.477 e. The zero-order valence-corrected chi connectivity index (χ0v) is 5.32. The summed E-state index contributed by atoms with van der Waals surface area (Å²) in [6.07, 6.45) is 3.73. The van der Waals surface area contributed by atoms with Gasteiger partial charge in [0.05, 0.1) is 0 Å². The molecule has 54 valence electrons. The van der Waals surface area contributed by atoms with E-state index in [1.54, 1.807) is 0 Å². The fourth-order valence-electron chi connectivity index (χ4n) is 0.255. The fraction of sp³-hybridized carbons (Fsp3) is 0. The number of hydrogen-bond acceptors (Lipinski definition) is 3. The first kappa shape index (κ1) is 8.42. The number of allylic oxidation sites excluding steroid dienone is 1. The normalized spacial score (nSPS) is 11.8. The lowest BCUT2D eigenvalue weighted by Crippen LogP contribution is -2.09. The molecule has 0 aromatic heterocycles. The van der Waals surface area contributed by atoms with Gasteiger partial charge in [-0.15, -0.1) is 0 Å². The molecule has 4 heteroatoms. The average molecular weight is 140 g/mol. The molecule has 0 bridgehead atoms. The van der Waals surface area contributed by atoms with Gasteiger partial charge in [0.1, 0.15) is 5.70 Å². The van der Waals surface area contributed by atoms with Gasteiger partial charge in [-0.2, -0.15) is 0 Å². The van der Waals surface area contributed by atoms with Gasteiger partial charge in [0.25, 0.3) is 0 Å². The Kier molecular flexibility index (Phi) is 3.63. The molecule has 0 rings (SSSR count). The lowest BCUT2D eigenvalue weighted by atomic mass is 10.4. The van der Waals surface area contributed by atoms with Gasteiger partial charge in [-0.1, -0.05) is 6.58 Å². The standard InChI is InChI=1S/C6H8N2O2/c1-2-8-4-3-5(7)6(9)10/h2-4H,1,7H2,(H,9,10)/b5-3-,8-4?. The lowest BCUT2D eigenvalue weighted by molar-refractivity contribution is -0.132. The number of hydrogen-bond donors (Lipinski definition) is 2. The number of nitrogens with two attached hydrogens (primary N) is 1. The quantitative estimate of drug-likeness (QED) is 0.432. The molecule has 0 atom stereocenters. The van der Waals surface area contributed by atoms with Crippen LogP contribution in [0.5, 0.6) is 0 Å². The Bertz CT molecular complexity index is 194. The van der Waals surface area contributed by atoms with Crippen LogP contribution in [0, 0.1) is 0 Å². The van der Waals surface area contributed by atoms with E-state index >= 15 is 0 Å². The number of aliphatic imine (C=N–C) groups is 1. The van der Waals surface area contributed by atoms with Gasteiger partial charge in [-0.05, 0) is 6.08 Å². The number of aliphatic carboxylic acids is 1. The second-order valence-corrected chi connectivity index (χ2v) is 1.41. The predicted molar refractivity (Wildman–Crippen MR) is 38.6 cm³/mol. The van der Waals surface area contributed by atoms with Crippen molar-refractivity contribution in [2.45, 2.75) is 0 Å². The second-order valence-electron chi connectivity index (χ2n) is 1.41. The highest BCUT2D eigenvalue weighted by molar-refractivity contribution is 5.91. The second kappa shape index (κ2) is 4.31. The molecule has 0 fully saturated rings. The zero-order chi connectivity index (χ0) is 7.98. The first-order valence-electron chi connectivity index (χ1n) is 2.51. The number of carbonyl (C=O) groups is 1. The number of carboxylic acids is 1. The van der Waals surface area contributed by atoms with Gasteiger partial charge in [-0.25, -0.2) is 4.79 Å². The van der Waals surface area contributed by atoms with E-state index in [1.807, 2.05) is 0 Å². The van der Waals surface area contributed by atoms with E-state index in [1.165, 1.54) is 18.5 Å². The molecule has 0 aromatic rings. The summed E-state index contributed by atoms with van der Waals surface area (Å²) >= 11 is 0. The molecule has 0 radical (unpaired) electrons. The molecule has 0 heterocycles. The minimum absolute atomic E-state index is 0.245. The van der Waals surface area contributed by atoms with E-state index in [4.69, 9.17) is 10.8 Å². The van der Waals surface area contributed by atoms with Crippen LogP contribution in [0.25, 0.3) is 0 Å². The highest BCUT2D eigenvalue weighted by Gasteiger charge is 1.96. The van der Waals surface area contributed by atoms with Gasteiger partial charge >= 0.3 is 5.97 Å². The summed E-state index contributed by atoms with van der Waals surface area (Å²) in [7, 11) is 0. The van der Waals surface area contributed by atoms with Gasteiger partial charge in [0.15, 0.2) is 0 Å². The van der Waals surface area contributed by atoms with E-state index in [2.05, 4.69) is 11.6 Å². The van der Waals surface area contributed by atoms with Gasteiger partial charge in [-0.3, -0.25) is 4.99 Å². The van der Waals surface area contributed by atoms with Crippen LogP contribution < -0.4 is 5.73 Å². The Labute approximate surface area is 58.4 Å². The van der Waals surface area contributed by atoms with E-state index in [9.17, 15) is 4.79 Å².